The van der Waals surface area contributed by atoms with Gasteiger partial charge in [0.1, 0.15) is 0 Å². The topological polar surface area (TPSA) is 47.9 Å². The smallest absolute Gasteiger partial charge is 0.0962 e. The molecule has 0 aliphatic rings. The number of aliphatic hydroxyl groups is 1. The van der Waals surface area contributed by atoms with Gasteiger partial charge in [0.15, 0.2) is 0 Å². The lowest BCUT2D eigenvalue weighted by atomic mass is 9.64. The maximum absolute atomic E-state index is 10.6. The van der Waals surface area contributed by atoms with Crippen LogP contribution in [-0.4, -0.2) is 48.8 Å². The SMILES string of the molecule is COC(C)(C)C(C)(OC)C(C)C(C)C(C)(OC)C(C)(C)O. The fourth-order valence-corrected chi connectivity index (χ4v) is 3.13. The molecular weight excluding hydrogens is 268 g/mol. The van der Waals surface area contributed by atoms with Crippen LogP contribution in [0.25, 0.3) is 0 Å². The van der Waals surface area contributed by atoms with Gasteiger partial charge in [-0.15, -0.1) is 0 Å². The molecule has 0 aliphatic carbocycles. The zero-order valence-corrected chi connectivity index (χ0v) is 15.8. The number of methoxy groups -OCH3 is 3. The summed E-state index contributed by atoms with van der Waals surface area (Å²) in [6.45, 7) is 15.8. The molecule has 128 valence electrons. The summed E-state index contributed by atoms with van der Waals surface area (Å²) in [7, 11) is 5.05. The van der Waals surface area contributed by atoms with Crippen molar-refractivity contribution in [2.45, 2.75) is 77.8 Å². The van der Waals surface area contributed by atoms with Gasteiger partial charge >= 0.3 is 0 Å². The van der Waals surface area contributed by atoms with Crippen molar-refractivity contribution in [3.8, 4) is 0 Å². The highest BCUT2D eigenvalue weighted by molar-refractivity contribution is 5.05. The summed E-state index contributed by atoms with van der Waals surface area (Å²) < 4.78 is 17.3. The highest BCUT2D eigenvalue weighted by Crippen LogP contribution is 2.45. The molecule has 0 rings (SSSR count). The van der Waals surface area contributed by atoms with Crippen molar-refractivity contribution >= 4 is 0 Å². The Kier molecular flexibility index (Phi) is 6.48. The molecular formula is C17H36O4. The molecule has 0 saturated heterocycles. The molecule has 4 nitrogen and oxygen atoms in total. The first-order valence-corrected chi connectivity index (χ1v) is 7.63. The van der Waals surface area contributed by atoms with Crippen LogP contribution < -0.4 is 0 Å². The molecule has 0 radical (unpaired) electrons. The van der Waals surface area contributed by atoms with Crippen LogP contribution in [0.15, 0.2) is 0 Å². The van der Waals surface area contributed by atoms with Crippen LogP contribution in [-0.2, 0) is 14.2 Å². The van der Waals surface area contributed by atoms with Crippen molar-refractivity contribution in [1.29, 1.82) is 0 Å². The third-order valence-electron chi connectivity index (χ3n) is 6.26. The Bertz CT molecular complexity index is 334. The van der Waals surface area contributed by atoms with Crippen molar-refractivity contribution in [2.75, 3.05) is 21.3 Å². The minimum absolute atomic E-state index is 0.0434. The molecule has 0 fully saturated rings. The van der Waals surface area contributed by atoms with Crippen LogP contribution in [0, 0.1) is 11.8 Å². The average molecular weight is 304 g/mol. The van der Waals surface area contributed by atoms with Crippen molar-refractivity contribution in [3.05, 3.63) is 0 Å². The maximum atomic E-state index is 10.6. The third-order valence-corrected chi connectivity index (χ3v) is 6.26. The van der Waals surface area contributed by atoms with Crippen LogP contribution >= 0.6 is 0 Å². The molecule has 4 atom stereocenters. The third kappa shape index (κ3) is 3.44. The van der Waals surface area contributed by atoms with E-state index < -0.39 is 22.4 Å². The van der Waals surface area contributed by atoms with E-state index in [2.05, 4.69) is 20.8 Å². The summed E-state index contributed by atoms with van der Waals surface area (Å²) >= 11 is 0. The van der Waals surface area contributed by atoms with Gasteiger partial charge in [-0.25, -0.2) is 0 Å². The molecule has 0 aliphatic heterocycles. The van der Waals surface area contributed by atoms with Crippen LogP contribution in [0.1, 0.15) is 55.4 Å². The molecule has 0 aromatic carbocycles. The number of hydrogen-bond donors (Lipinski definition) is 1. The summed E-state index contributed by atoms with van der Waals surface area (Å²) in [6.07, 6.45) is 0. The number of ether oxygens (including phenoxy) is 3. The largest absolute Gasteiger partial charge is 0.387 e. The first-order valence-electron chi connectivity index (χ1n) is 7.63. The van der Waals surface area contributed by atoms with Crippen LogP contribution in [0.4, 0.5) is 0 Å². The Balaban J connectivity index is 5.73. The molecule has 0 heterocycles. The lowest BCUT2D eigenvalue weighted by Gasteiger charge is -2.53. The Morgan fingerprint density at radius 2 is 1.00 bits per heavy atom. The Morgan fingerprint density at radius 3 is 1.24 bits per heavy atom. The molecule has 0 amide bonds. The molecule has 21 heavy (non-hydrogen) atoms. The second kappa shape index (κ2) is 6.53. The van der Waals surface area contributed by atoms with E-state index in [0.717, 1.165) is 0 Å². The maximum Gasteiger partial charge on any atom is 0.0962 e. The Labute approximate surface area is 131 Å². The molecule has 0 spiro atoms. The zero-order chi connectivity index (χ0) is 17.3. The summed E-state index contributed by atoms with van der Waals surface area (Å²) in [4.78, 5) is 0. The minimum Gasteiger partial charge on any atom is -0.387 e. The Morgan fingerprint density at radius 1 is 0.667 bits per heavy atom. The fraction of sp³-hybridized carbons (Fsp3) is 1.00. The van der Waals surface area contributed by atoms with Gasteiger partial charge in [0.2, 0.25) is 0 Å². The second-order valence-electron chi connectivity index (χ2n) is 7.47. The number of hydrogen-bond acceptors (Lipinski definition) is 4. The summed E-state index contributed by atoms with van der Waals surface area (Å²) in [5, 5.41) is 10.6. The van der Waals surface area contributed by atoms with Gasteiger partial charge < -0.3 is 19.3 Å². The van der Waals surface area contributed by atoms with E-state index >= 15 is 0 Å². The molecule has 1 N–H and O–H groups in total. The van der Waals surface area contributed by atoms with Gasteiger partial charge in [-0.3, -0.25) is 0 Å². The number of rotatable bonds is 8. The lowest BCUT2D eigenvalue weighted by molar-refractivity contribution is -0.229. The van der Waals surface area contributed by atoms with Gasteiger partial charge in [0.25, 0.3) is 0 Å². The van der Waals surface area contributed by atoms with E-state index in [-0.39, 0.29) is 11.8 Å². The molecule has 4 unspecified atom stereocenters. The monoisotopic (exact) mass is 304 g/mol. The van der Waals surface area contributed by atoms with E-state index in [1.54, 1.807) is 35.2 Å². The predicted molar refractivity (Wildman–Crippen MR) is 86.5 cm³/mol. The first-order chi connectivity index (χ1) is 9.25. The molecule has 4 heteroatoms. The summed E-state index contributed by atoms with van der Waals surface area (Å²) in [5.41, 5.74) is -2.66. The fourth-order valence-electron chi connectivity index (χ4n) is 3.13. The zero-order valence-electron chi connectivity index (χ0n) is 15.8. The van der Waals surface area contributed by atoms with Crippen molar-refractivity contribution < 1.29 is 19.3 Å². The van der Waals surface area contributed by atoms with E-state index in [1.807, 2.05) is 20.8 Å². The molecule has 0 aromatic rings. The van der Waals surface area contributed by atoms with Crippen LogP contribution in [0.3, 0.4) is 0 Å². The van der Waals surface area contributed by atoms with Crippen molar-refractivity contribution in [2.24, 2.45) is 11.8 Å². The minimum atomic E-state index is -0.971. The van der Waals surface area contributed by atoms with Gasteiger partial charge in [-0.2, -0.15) is 0 Å². The van der Waals surface area contributed by atoms with E-state index in [4.69, 9.17) is 14.2 Å². The standard InChI is InChI=1S/C17H36O4/c1-12(16(7,20-10)14(3,4)18)13(2)17(8,21-11)15(5,6)19-9/h12-13,18H,1-11H3. The summed E-state index contributed by atoms with van der Waals surface area (Å²) in [5.74, 6) is 0.135. The first kappa shape index (κ1) is 20.8. The van der Waals surface area contributed by atoms with Crippen molar-refractivity contribution in [1.82, 2.24) is 0 Å². The molecule has 0 saturated carbocycles. The van der Waals surface area contributed by atoms with E-state index in [0.29, 0.717) is 0 Å². The molecule has 0 aromatic heterocycles. The highest BCUT2D eigenvalue weighted by Gasteiger charge is 2.54. The quantitative estimate of drug-likeness (QED) is 0.747. The average Bonchev–Trinajstić information content (AvgIpc) is 2.42. The van der Waals surface area contributed by atoms with Crippen molar-refractivity contribution in [3.63, 3.8) is 0 Å². The predicted octanol–water partition coefficient (Wildman–Crippen LogP) is 3.26. The van der Waals surface area contributed by atoms with Gasteiger partial charge in [0.05, 0.1) is 22.4 Å². The van der Waals surface area contributed by atoms with E-state index in [1.165, 1.54) is 0 Å². The van der Waals surface area contributed by atoms with Crippen LogP contribution in [0.5, 0.6) is 0 Å². The lowest BCUT2D eigenvalue weighted by Crippen LogP contribution is -2.62. The van der Waals surface area contributed by atoms with Crippen LogP contribution in [0.2, 0.25) is 0 Å². The Hall–Kier alpha value is -0.160. The second-order valence-corrected chi connectivity index (χ2v) is 7.47. The van der Waals surface area contributed by atoms with Gasteiger partial charge in [-0.05, 0) is 53.4 Å². The summed E-state index contributed by atoms with van der Waals surface area (Å²) in [6, 6.07) is 0. The van der Waals surface area contributed by atoms with Gasteiger partial charge in [0, 0.05) is 21.3 Å². The highest BCUT2D eigenvalue weighted by atomic mass is 16.5. The van der Waals surface area contributed by atoms with E-state index in [9.17, 15) is 5.11 Å². The molecule has 0 bridgehead atoms. The normalized spacial score (nSPS) is 22.3. The van der Waals surface area contributed by atoms with Gasteiger partial charge in [-0.1, -0.05) is 13.8 Å².